The van der Waals surface area contributed by atoms with Crippen LogP contribution in [0.2, 0.25) is 18.1 Å². The van der Waals surface area contributed by atoms with Crippen LogP contribution in [-0.4, -0.2) is 46.1 Å². The average molecular weight is 391 g/mol. The molecule has 2 fully saturated rings. The Labute approximate surface area is 165 Å². The quantitative estimate of drug-likeness (QED) is 0.391. The minimum Gasteiger partial charge on any atom is -0.408 e. The predicted molar refractivity (Wildman–Crippen MR) is 110 cm³/mol. The number of fused-ring (bicyclic) bond motifs is 1. The van der Waals surface area contributed by atoms with Crippen molar-refractivity contribution in [2.75, 3.05) is 13.2 Å². The van der Waals surface area contributed by atoms with E-state index in [1.807, 2.05) is 13.0 Å². The monoisotopic (exact) mass is 390 g/mol. The van der Waals surface area contributed by atoms with Crippen LogP contribution in [0, 0.1) is 11.8 Å². The lowest BCUT2D eigenvalue weighted by atomic mass is 10.2. The first-order valence-corrected chi connectivity index (χ1v) is 13.1. The Balaban J connectivity index is 1.53. The molecule has 1 aliphatic carbocycles. The highest BCUT2D eigenvalue weighted by Gasteiger charge is 2.54. The normalized spacial score (nSPS) is 31.0. The highest BCUT2D eigenvalue weighted by molar-refractivity contribution is 6.74. The van der Waals surface area contributed by atoms with Gasteiger partial charge in [-0.25, -0.2) is 0 Å². The summed E-state index contributed by atoms with van der Waals surface area (Å²) in [5, 5.41) is 0.195. The molecule has 0 spiro atoms. The SMILES string of the molecule is C/C(C#CC1=C[C@@H](O[Si](C)(C)C(C)(C)C)[C@@H]2O[C@H]12)=C/COC1CCCCO1. The third-order valence-corrected chi connectivity index (χ3v) is 10.4. The van der Waals surface area contributed by atoms with Crippen molar-refractivity contribution in [3.8, 4) is 11.8 Å². The van der Waals surface area contributed by atoms with Gasteiger partial charge in [0.25, 0.3) is 0 Å². The van der Waals surface area contributed by atoms with Crippen molar-refractivity contribution in [2.24, 2.45) is 0 Å². The molecule has 0 aromatic carbocycles. The number of ether oxygens (including phenoxy) is 3. The lowest BCUT2D eigenvalue weighted by Crippen LogP contribution is -2.44. The van der Waals surface area contributed by atoms with E-state index < -0.39 is 8.32 Å². The van der Waals surface area contributed by atoms with Gasteiger partial charge in [0, 0.05) is 12.2 Å². The fourth-order valence-corrected chi connectivity index (χ4v) is 4.30. The Bertz CT molecular complexity index is 656. The van der Waals surface area contributed by atoms with Gasteiger partial charge in [0.05, 0.1) is 12.7 Å². The first kappa shape index (κ1) is 20.8. The van der Waals surface area contributed by atoms with Gasteiger partial charge in [-0.2, -0.15) is 0 Å². The smallest absolute Gasteiger partial charge is 0.193 e. The van der Waals surface area contributed by atoms with Crippen molar-refractivity contribution >= 4 is 8.32 Å². The maximum Gasteiger partial charge on any atom is 0.193 e. The highest BCUT2D eigenvalue weighted by Crippen LogP contribution is 2.44. The van der Waals surface area contributed by atoms with Crippen LogP contribution in [0.15, 0.2) is 23.3 Å². The molecule has 0 saturated carbocycles. The predicted octanol–water partition coefficient (Wildman–Crippen LogP) is 4.58. The van der Waals surface area contributed by atoms with Gasteiger partial charge in [0.15, 0.2) is 14.6 Å². The van der Waals surface area contributed by atoms with Crippen molar-refractivity contribution < 1.29 is 18.6 Å². The van der Waals surface area contributed by atoms with Crippen molar-refractivity contribution in [3.05, 3.63) is 23.3 Å². The summed E-state index contributed by atoms with van der Waals surface area (Å²) in [5.74, 6) is 6.51. The molecule has 27 heavy (non-hydrogen) atoms. The largest absolute Gasteiger partial charge is 0.408 e. The van der Waals surface area contributed by atoms with E-state index in [2.05, 4.69) is 51.8 Å². The first-order chi connectivity index (χ1) is 12.7. The van der Waals surface area contributed by atoms with Gasteiger partial charge in [0.2, 0.25) is 0 Å². The van der Waals surface area contributed by atoms with Crippen molar-refractivity contribution in [2.45, 2.75) is 89.7 Å². The standard InChI is InChI=1S/C22H34O4Si/c1-16(12-14-24-19-9-7-8-13-23-19)10-11-17-15-18(21-20(17)25-21)26-27(5,6)22(2,3)4/h12,15,18-21H,7-9,13-14H2,1-6H3/b16-12-/t18-,19?,20-,21+/m1/s1. The molecule has 2 heterocycles. The van der Waals surface area contributed by atoms with Crippen molar-refractivity contribution in [1.29, 1.82) is 0 Å². The van der Waals surface area contributed by atoms with E-state index in [1.165, 1.54) is 6.42 Å². The summed E-state index contributed by atoms with van der Waals surface area (Å²) < 4.78 is 23.6. The van der Waals surface area contributed by atoms with Crippen molar-refractivity contribution in [1.82, 2.24) is 0 Å². The Hall–Kier alpha value is -0.903. The van der Waals surface area contributed by atoms with Crippen LogP contribution in [0.1, 0.15) is 47.0 Å². The molecule has 0 aromatic heterocycles. The van der Waals surface area contributed by atoms with Crippen LogP contribution >= 0.6 is 0 Å². The zero-order chi connectivity index (χ0) is 19.7. The Kier molecular flexibility index (Phi) is 6.34. The Morgan fingerprint density at radius 3 is 2.78 bits per heavy atom. The van der Waals surface area contributed by atoms with Gasteiger partial charge in [0.1, 0.15) is 12.2 Å². The van der Waals surface area contributed by atoms with Crippen LogP contribution in [0.5, 0.6) is 0 Å². The van der Waals surface area contributed by atoms with Gasteiger partial charge in [-0.3, -0.25) is 0 Å². The van der Waals surface area contributed by atoms with Crippen LogP contribution in [0.4, 0.5) is 0 Å². The molecule has 2 saturated heterocycles. The molecule has 0 N–H and O–H groups in total. The number of rotatable bonds is 5. The van der Waals surface area contributed by atoms with E-state index in [1.54, 1.807) is 0 Å². The Morgan fingerprint density at radius 1 is 1.33 bits per heavy atom. The molecular weight excluding hydrogens is 356 g/mol. The topological polar surface area (TPSA) is 40.2 Å². The van der Waals surface area contributed by atoms with Gasteiger partial charge < -0.3 is 18.6 Å². The maximum atomic E-state index is 6.51. The first-order valence-electron chi connectivity index (χ1n) is 10.1. The number of hydrogen-bond donors (Lipinski definition) is 0. The van der Waals surface area contributed by atoms with Crippen LogP contribution < -0.4 is 0 Å². The van der Waals surface area contributed by atoms with Gasteiger partial charge in [-0.05, 0) is 62.0 Å². The highest BCUT2D eigenvalue weighted by atomic mass is 28.4. The molecule has 5 heteroatoms. The molecular formula is C22H34O4Si. The zero-order valence-corrected chi connectivity index (χ0v) is 18.6. The molecule has 0 bridgehead atoms. The lowest BCUT2D eigenvalue weighted by molar-refractivity contribution is -0.155. The van der Waals surface area contributed by atoms with E-state index in [4.69, 9.17) is 18.6 Å². The molecule has 150 valence electrons. The van der Waals surface area contributed by atoms with Gasteiger partial charge >= 0.3 is 0 Å². The van der Waals surface area contributed by atoms with E-state index in [9.17, 15) is 0 Å². The third-order valence-electron chi connectivity index (χ3n) is 5.95. The van der Waals surface area contributed by atoms with E-state index in [0.717, 1.165) is 30.6 Å². The minimum atomic E-state index is -1.81. The van der Waals surface area contributed by atoms with E-state index in [0.29, 0.717) is 6.61 Å². The third kappa shape index (κ3) is 5.33. The van der Waals surface area contributed by atoms with Crippen LogP contribution in [-0.2, 0) is 18.6 Å². The zero-order valence-electron chi connectivity index (χ0n) is 17.6. The molecule has 0 amide bonds. The summed E-state index contributed by atoms with van der Waals surface area (Å²) in [7, 11) is -1.81. The summed E-state index contributed by atoms with van der Waals surface area (Å²) in [5.41, 5.74) is 2.07. The van der Waals surface area contributed by atoms with Crippen LogP contribution in [0.25, 0.3) is 0 Å². The van der Waals surface area contributed by atoms with Gasteiger partial charge in [-0.1, -0.05) is 32.6 Å². The van der Waals surface area contributed by atoms with E-state index in [-0.39, 0.29) is 29.6 Å². The second kappa shape index (κ2) is 8.22. The molecule has 1 unspecified atom stereocenters. The average Bonchev–Trinajstić information content (AvgIpc) is 3.32. The number of hydrogen-bond acceptors (Lipinski definition) is 4. The second-order valence-electron chi connectivity index (χ2n) is 9.25. The molecule has 3 aliphatic rings. The number of allylic oxidation sites excluding steroid dienone is 1. The summed E-state index contributed by atoms with van der Waals surface area (Å²) in [6, 6.07) is 0. The molecule has 3 rings (SSSR count). The summed E-state index contributed by atoms with van der Waals surface area (Å²) in [6.07, 6.45) is 7.80. The fourth-order valence-electron chi connectivity index (χ4n) is 3.07. The maximum absolute atomic E-state index is 6.51. The van der Waals surface area contributed by atoms with Crippen molar-refractivity contribution in [3.63, 3.8) is 0 Å². The van der Waals surface area contributed by atoms with Gasteiger partial charge in [-0.15, -0.1) is 0 Å². The lowest BCUT2D eigenvalue weighted by Gasteiger charge is -2.38. The molecule has 0 radical (unpaired) electrons. The molecule has 4 atom stereocenters. The summed E-state index contributed by atoms with van der Waals surface area (Å²) >= 11 is 0. The number of epoxide rings is 1. The molecule has 0 aromatic rings. The summed E-state index contributed by atoms with van der Waals surface area (Å²) in [4.78, 5) is 0. The molecule has 2 aliphatic heterocycles. The summed E-state index contributed by atoms with van der Waals surface area (Å²) in [6.45, 7) is 14.7. The van der Waals surface area contributed by atoms with E-state index >= 15 is 0 Å². The van der Waals surface area contributed by atoms with Crippen LogP contribution in [0.3, 0.4) is 0 Å². The molecule has 4 nitrogen and oxygen atoms in total. The minimum absolute atomic E-state index is 0.0521. The fraction of sp³-hybridized carbons (Fsp3) is 0.727. The Morgan fingerprint density at radius 2 is 2.11 bits per heavy atom. The second-order valence-corrected chi connectivity index (χ2v) is 14.0.